The SMILES string of the molecule is CCOC(=O)C(/C=C/CBr)(C(=O)OCC)C(F)F. The van der Waals surface area contributed by atoms with Gasteiger partial charge in [-0.05, 0) is 13.8 Å². The van der Waals surface area contributed by atoms with Crippen LogP contribution in [-0.4, -0.2) is 36.9 Å². The number of ether oxygens (including phenoxy) is 2. The molecule has 0 N–H and O–H groups in total. The third-order valence-corrected chi connectivity index (χ3v) is 2.41. The van der Waals surface area contributed by atoms with Crippen LogP contribution in [-0.2, 0) is 19.1 Å². The molecule has 0 heterocycles. The maximum atomic E-state index is 13.2. The second-order valence-electron chi connectivity index (χ2n) is 3.17. The first-order valence-corrected chi connectivity index (χ1v) is 6.45. The van der Waals surface area contributed by atoms with Crippen LogP contribution in [0.15, 0.2) is 12.2 Å². The van der Waals surface area contributed by atoms with Gasteiger partial charge < -0.3 is 9.47 Å². The first-order valence-electron chi connectivity index (χ1n) is 5.33. The fourth-order valence-electron chi connectivity index (χ4n) is 1.20. The van der Waals surface area contributed by atoms with Crippen LogP contribution >= 0.6 is 15.9 Å². The smallest absolute Gasteiger partial charge is 0.333 e. The zero-order valence-corrected chi connectivity index (χ0v) is 11.7. The Morgan fingerprint density at radius 2 is 1.67 bits per heavy atom. The lowest BCUT2D eigenvalue weighted by atomic mass is 9.88. The molecular formula is C11H15BrF2O4. The Hall–Kier alpha value is -0.980. The number of hydrogen-bond acceptors (Lipinski definition) is 4. The predicted octanol–water partition coefficient (Wildman–Crippen LogP) is 2.32. The molecule has 0 atom stereocenters. The number of allylic oxidation sites excluding steroid dienone is 1. The van der Waals surface area contributed by atoms with Crippen LogP contribution in [0.2, 0.25) is 0 Å². The van der Waals surface area contributed by atoms with E-state index >= 15 is 0 Å². The van der Waals surface area contributed by atoms with Crippen molar-refractivity contribution >= 4 is 27.9 Å². The summed E-state index contributed by atoms with van der Waals surface area (Å²) >= 11 is 2.99. The maximum absolute atomic E-state index is 13.2. The zero-order chi connectivity index (χ0) is 14.2. The molecule has 0 rings (SSSR count). The normalized spacial score (nSPS) is 11.9. The van der Waals surface area contributed by atoms with E-state index in [-0.39, 0.29) is 18.5 Å². The number of hydrogen-bond donors (Lipinski definition) is 0. The van der Waals surface area contributed by atoms with Crippen molar-refractivity contribution in [3.8, 4) is 0 Å². The van der Waals surface area contributed by atoms with Crippen molar-refractivity contribution in [2.75, 3.05) is 18.5 Å². The number of carbonyl (C=O) groups excluding carboxylic acids is 2. The van der Waals surface area contributed by atoms with Crippen molar-refractivity contribution in [2.45, 2.75) is 20.3 Å². The molecule has 0 saturated carbocycles. The molecule has 0 saturated heterocycles. The van der Waals surface area contributed by atoms with E-state index in [0.29, 0.717) is 0 Å². The first kappa shape index (κ1) is 17.0. The lowest BCUT2D eigenvalue weighted by molar-refractivity contribution is -0.178. The number of rotatable bonds is 7. The average Bonchev–Trinajstić information content (AvgIpc) is 2.30. The summed E-state index contributed by atoms with van der Waals surface area (Å²) in [5.41, 5.74) is -2.69. The lowest BCUT2D eigenvalue weighted by Gasteiger charge is -2.25. The summed E-state index contributed by atoms with van der Waals surface area (Å²) in [5, 5.41) is 0.222. The fraction of sp³-hybridized carbons (Fsp3) is 0.636. The van der Waals surface area contributed by atoms with E-state index in [1.165, 1.54) is 19.9 Å². The summed E-state index contributed by atoms with van der Waals surface area (Å²) in [6.07, 6.45) is -1.19. The molecule has 0 aliphatic rings. The summed E-state index contributed by atoms with van der Waals surface area (Å²) in [7, 11) is 0. The van der Waals surface area contributed by atoms with E-state index in [0.717, 1.165) is 6.08 Å². The van der Waals surface area contributed by atoms with Gasteiger partial charge in [0.2, 0.25) is 5.41 Å². The van der Waals surface area contributed by atoms with E-state index < -0.39 is 23.8 Å². The third-order valence-electron chi connectivity index (χ3n) is 2.04. The Morgan fingerprint density at radius 3 is 1.94 bits per heavy atom. The summed E-state index contributed by atoms with van der Waals surface area (Å²) in [6, 6.07) is 0. The standard InChI is InChI=1S/C11H15BrF2O4/c1-3-17-9(15)11(8(13)14,6-5-7-12)10(16)18-4-2/h5-6,8H,3-4,7H2,1-2H3/b6-5+. The van der Waals surface area contributed by atoms with Crippen molar-refractivity contribution in [1.29, 1.82) is 0 Å². The van der Waals surface area contributed by atoms with Crippen molar-refractivity contribution in [3.05, 3.63) is 12.2 Å². The fourth-order valence-corrected chi connectivity index (χ4v) is 1.39. The van der Waals surface area contributed by atoms with Crippen LogP contribution < -0.4 is 0 Å². The zero-order valence-electron chi connectivity index (χ0n) is 10.1. The van der Waals surface area contributed by atoms with Gasteiger partial charge in [0.05, 0.1) is 13.2 Å². The van der Waals surface area contributed by atoms with Gasteiger partial charge in [-0.2, -0.15) is 0 Å². The van der Waals surface area contributed by atoms with Gasteiger partial charge in [0.25, 0.3) is 6.43 Å². The Labute approximate surface area is 112 Å². The summed E-state index contributed by atoms with van der Waals surface area (Å²) in [4.78, 5) is 23.3. The van der Waals surface area contributed by atoms with E-state index in [4.69, 9.17) is 0 Å². The van der Waals surface area contributed by atoms with Gasteiger partial charge in [0.15, 0.2) is 0 Å². The summed E-state index contributed by atoms with van der Waals surface area (Å²) in [5.74, 6) is -2.62. The summed E-state index contributed by atoms with van der Waals surface area (Å²) < 4.78 is 35.4. The van der Waals surface area contributed by atoms with Crippen molar-refractivity contribution in [3.63, 3.8) is 0 Å². The highest BCUT2D eigenvalue weighted by Gasteiger charge is 2.55. The third kappa shape index (κ3) is 3.76. The van der Waals surface area contributed by atoms with Crippen LogP contribution in [0.1, 0.15) is 13.8 Å². The minimum absolute atomic E-state index is 0.102. The molecule has 0 aliphatic heterocycles. The Bertz CT molecular complexity index is 300. The first-order chi connectivity index (χ1) is 8.47. The molecule has 0 fully saturated rings. The van der Waals surface area contributed by atoms with Crippen molar-refractivity contribution < 1.29 is 27.8 Å². The molecule has 18 heavy (non-hydrogen) atoms. The largest absolute Gasteiger partial charge is 0.465 e. The van der Waals surface area contributed by atoms with Crippen LogP contribution in [0.5, 0.6) is 0 Å². The van der Waals surface area contributed by atoms with Crippen molar-refractivity contribution in [1.82, 2.24) is 0 Å². The van der Waals surface area contributed by atoms with Gasteiger partial charge in [-0.15, -0.1) is 0 Å². The van der Waals surface area contributed by atoms with Gasteiger partial charge >= 0.3 is 11.9 Å². The molecule has 0 bridgehead atoms. The molecule has 0 unspecified atom stereocenters. The van der Waals surface area contributed by atoms with Gasteiger partial charge in [-0.1, -0.05) is 28.1 Å². The van der Waals surface area contributed by atoms with Crippen LogP contribution in [0.4, 0.5) is 8.78 Å². The van der Waals surface area contributed by atoms with E-state index in [2.05, 4.69) is 25.4 Å². The second-order valence-corrected chi connectivity index (χ2v) is 3.81. The maximum Gasteiger partial charge on any atom is 0.333 e. The van der Waals surface area contributed by atoms with E-state index in [1.807, 2.05) is 0 Å². The van der Waals surface area contributed by atoms with Crippen LogP contribution in [0.3, 0.4) is 0 Å². The highest BCUT2D eigenvalue weighted by atomic mass is 79.9. The summed E-state index contributed by atoms with van der Waals surface area (Å²) in [6.45, 7) is 2.73. The molecule has 0 radical (unpaired) electrons. The van der Waals surface area contributed by atoms with Gasteiger partial charge in [0.1, 0.15) is 0 Å². The van der Waals surface area contributed by atoms with Crippen LogP contribution in [0.25, 0.3) is 0 Å². The van der Waals surface area contributed by atoms with E-state index in [9.17, 15) is 18.4 Å². The second kappa shape index (κ2) is 8.18. The molecule has 104 valence electrons. The molecule has 4 nitrogen and oxygen atoms in total. The molecule has 0 aromatic heterocycles. The molecule has 0 aliphatic carbocycles. The number of esters is 2. The van der Waals surface area contributed by atoms with E-state index in [1.54, 1.807) is 0 Å². The lowest BCUT2D eigenvalue weighted by Crippen LogP contribution is -2.46. The van der Waals surface area contributed by atoms with Gasteiger partial charge in [-0.25, -0.2) is 8.78 Å². The number of halogens is 3. The molecule has 0 aromatic rings. The van der Waals surface area contributed by atoms with Gasteiger partial charge in [-0.3, -0.25) is 9.59 Å². The molecule has 0 aromatic carbocycles. The Morgan fingerprint density at radius 1 is 1.22 bits per heavy atom. The monoisotopic (exact) mass is 328 g/mol. The van der Waals surface area contributed by atoms with Crippen molar-refractivity contribution in [2.24, 2.45) is 5.41 Å². The minimum atomic E-state index is -3.24. The molecular weight excluding hydrogens is 314 g/mol. The molecule has 0 amide bonds. The number of alkyl halides is 3. The van der Waals surface area contributed by atoms with Crippen LogP contribution in [0, 0.1) is 5.41 Å². The highest BCUT2D eigenvalue weighted by Crippen LogP contribution is 2.32. The highest BCUT2D eigenvalue weighted by molar-refractivity contribution is 9.09. The Kier molecular flexibility index (Phi) is 7.73. The molecule has 7 heteroatoms. The minimum Gasteiger partial charge on any atom is -0.465 e. The Balaban J connectivity index is 5.49. The average molecular weight is 329 g/mol. The number of carbonyl (C=O) groups is 2. The predicted molar refractivity (Wildman–Crippen MR) is 64.6 cm³/mol. The topological polar surface area (TPSA) is 52.6 Å². The van der Waals surface area contributed by atoms with Gasteiger partial charge in [0, 0.05) is 5.33 Å². The molecule has 0 spiro atoms. The quantitative estimate of drug-likeness (QED) is 0.311.